The number of alkyl halides is 3. The van der Waals surface area contributed by atoms with Crippen molar-refractivity contribution in [3.05, 3.63) is 71.4 Å². The van der Waals surface area contributed by atoms with E-state index in [0.29, 0.717) is 13.1 Å². The van der Waals surface area contributed by atoms with E-state index < -0.39 is 11.7 Å². The van der Waals surface area contributed by atoms with Crippen LogP contribution in [0.4, 0.5) is 13.2 Å². The molecule has 1 amide bonds. The molecule has 1 saturated heterocycles. The number of fused-ring (bicyclic) bond motifs is 1. The number of halogens is 3. The maximum atomic E-state index is 12.7. The van der Waals surface area contributed by atoms with Gasteiger partial charge in [-0.15, -0.1) is 0 Å². The van der Waals surface area contributed by atoms with Crippen LogP contribution in [0, 0.1) is 5.92 Å². The minimum Gasteiger partial charge on any atom is -0.361 e. The minimum absolute atomic E-state index is 0.00757. The van der Waals surface area contributed by atoms with Gasteiger partial charge in [-0.05, 0) is 61.7 Å². The molecule has 164 valence electrons. The Hall–Kier alpha value is -2.80. The van der Waals surface area contributed by atoms with Crippen LogP contribution in [-0.2, 0) is 23.9 Å². The van der Waals surface area contributed by atoms with Crippen molar-refractivity contribution in [2.75, 3.05) is 19.6 Å². The fraction of sp³-hybridized carbons (Fsp3) is 0.375. The Morgan fingerprint density at radius 1 is 1.06 bits per heavy atom. The number of amides is 1. The van der Waals surface area contributed by atoms with Crippen LogP contribution in [0.5, 0.6) is 0 Å². The molecule has 0 radical (unpaired) electrons. The van der Waals surface area contributed by atoms with E-state index in [-0.39, 0.29) is 11.8 Å². The van der Waals surface area contributed by atoms with Crippen LogP contribution in [0.3, 0.4) is 0 Å². The van der Waals surface area contributed by atoms with Crippen molar-refractivity contribution in [2.45, 2.75) is 32.0 Å². The zero-order valence-electron chi connectivity index (χ0n) is 17.2. The highest BCUT2D eigenvalue weighted by Crippen LogP contribution is 2.29. The van der Waals surface area contributed by atoms with Gasteiger partial charge in [-0.1, -0.05) is 30.3 Å². The molecule has 1 aliphatic rings. The first kappa shape index (κ1) is 21.4. The first-order valence-corrected chi connectivity index (χ1v) is 10.6. The van der Waals surface area contributed by atoms with Crippen molar-refractivity contribution in [1.82, 2.24) is 15.2 Å². The maximum absolute atomic E-state index is 12.7. The van der Waals surface area contributed by atoms with Crippen molar-refractivity contribution < 1.29 is 18.0 Å². The van der Waals surface area contributed by atoms with Gasteiger partial charge in [0.2, 0.25) is 5.91 Å². The molecule has 0 saturated carbocycles. The quantitative estimate of drug-likeness (QED) is 0.594. The monoisotopic (exact) mass is 429 g/mol. The molecule has 2 heterocycles. The summed E-state index contributed by atoms with van der Waals surface area (Å²) >= 11 is 0. The van der Waals surface area contributed by atoms with Crippen LogP contribution >= 0.6 is 0 Å². The first-order chi connectivity index (χ1) is 14.9. The number of rotatable bonds is 6. The minimum atomic E-state index is -4.31. The van der Waals surface area contributed by atoms with Gasteiger partial charge in [0.25, 0.3) is 0 Å². The molecule has 1 fully saturated rings. The average Bonchev–Trinajstić information content (AvgIpc) is 3.17. The predicted molar refractivity (Wildman–Crippen MR) is 114 cm³/mol. The van der Waals surface area contributed by atoms with Crippen molar-refractivity contribution >= 4 is 16.8 Å². The molecule has 1 aromatic heterocycles. The molecule has 4 nitrogen and oxygen atoms in total. The highest BCUT2D eigenvalue weighted by atomic mass is 19.4. The number of benzene rings is 2. The summed E-state index contributed by atoms with van der Waals surface area (Å²) in [6, 6.07) is 13.4. The predicted octanol–water partition coefficient (Wildman–Crippen LogP) is 4.76. The normalized spacial score (nSPS) is 16.0. The lowest BCUT2D eigenvalue weighted by molar-refractivity contribution is -0.137. The molecule has 2 aromatic carbocycles. The van der Waals surface area contributed by atoms with Crippen molar-refractivity contribution in [3.8, 4) is 0 Å². The molecule has 0 aliphatic carbocycles. The first-order valence-electron chi connectivity index (χ1n) is 10.6. The van der Waals surface area contributed by atoms with E-state index in [9.17, 15) is 18.0 Å². The molecule has 0 bridgehead atoms. The number of aromatic nitrogens is 1. The Balaban J connectivity index is 1.21. The van der Waals surface area contributed by atoms with E-state index in [4.69, 9.17) is 0 Å². The van der Waals surface area contributed by atoms with E-state index in [1.165, 1.54) is 23.1 Å². The largest absolute Gasteiger partial charge is 0.416 e. The Kier molecular flexibility index (Phi) is 6.32. The molecule has 0 atom stereocenters. The van der Waals surface area contributed by atoms with E-state index in [0.717, 1.165) is 55.6 Å². The second-order valence-corrected chi connectivity index (χ2v) is 8.15. The smallest absolute Gasteiger partial charge is 0.361 e. The van der Waals surface area contributed by atoms with Crippen LogP contribution in [0.25, 0.3) is 10.9 Å². The third-order valence-corrected chi connectivity index (χ3v) is 6.01. The van der Waals surface area contributed by atoms with E-state index >= 15 is 0 Å². The molecular weight excluding hydrogens is 403 g/mol. The molecule has 4 rings (SSSR count). The van der Waals surface area contributed by atoms with E-state index in [2.05, 4.69) is 21.3 Å². The summed E-state index contributed by atoms with van der Waals surface area (Å²) in [5.41, 5.74) is 2.53. The number of carbonyl (C=O) groups excluding carboxylic acids is 1. The second kappa shape index (κ2) is 9.14. The molecule has 31 heavy (non-hydrogen) atoms. The molecule has 0 unspecified atom stereocenters. The number of likely N-dealkylation sites (tertiary alicyclic amines) is 1. The lowest BCUT2D eigenvalue weighted by atomic mass is 9.95. The standard InChI is InChI=1S/C24H26F3N3O/c25-24(26,27)20-7-5-17(6-8-20)16-30-13-10-18(11-14-30)23(31)28-12-9-19-15-29-22-4-2-1-3-21(19)22/h1-8,15,18,29H,9-14,16H2,(H,28,31). The van der Waals surface area contributed by atoms with Gasteiger partial charge in [0.05, 0.1) is 5.56 Å². The molecule has 1 aliphatic heterocycles. The van der Waals surface area contributed by atoms with Crippen LogP contribution < -0.4 is 5.32 Å². The fourth-order valence-electron chi connectivity index (χ4n) is 4.21. The lowest BCUT2D eigenvalue weighted by Gasteiger charge is -2.31. The van der Waals surface area contributed by atoms with E-state index in [1.54, 1.807) is 0 Å². The van der Waals surface area contributed by atoms with Crippen molar-refractivity contribution in [1.29, 1.82) is 0 Å². The number of piperidine rings is 1. The highest BCUT2D eigenvalue weighted by Gasteiger charge is 2.30. The molecule has 7 heteroatoms. The summed E-state index contributed by atoms with van der Waals surface area (Å²) in [6.07, 6.45) is -0.00336. The Labute approximate surface area is 179 Å². The van der Waals surface area contributed by atoms with E-state index in [1.807, 2.05) is 24.4 Å². The summed E-state index contributed by atoms with van der Waals surface area (Å²) < 4.78 is 38.1. The number of hydrogen-bond acceptors (Lipinski definition) is 2. The maximum Gasteiger partial charge on any atom is 0.416 e. The van der Waals surface area contributed by atoms with Gasteiger partial charge in [0.15, 0.2) is 0 Å². The topological polar surface area (TPSA) is 48.1 Å². The second-order valence-electron chi connectivity index (χ2n) is 8.15. The van der Waals surface area contributed by atoms with Gasteiger partial charge in [0.1, 0.15) is 0 Å². The van der Waals surface area contributed by atoms with Crippen molar-refractivity contribution in [2.24, 2.45) is 5.92 Å². The highest BCUT2D eigenvalue weighted by molar-refractivity contribution is 5.83. The Morgan fingerprint density at radius 2 is 1.77 bits per heavy atom. The zero-order valence-corrected chi connectivity index (χ0v) is 17.2. The SMILES string of the molecule is O=C(NCCc1c[nH]c2ccccc12)C1CCN(Cc2ccc(C(F)(F)F)cc2)CC1. The summed E-state index contributed by atoms with van der Waals surface area (Å²) in [7, 11) is 0. The summed E-state index contributed by atoms with van der Waals surface area (Å²) in [4.78, 5) is 18.0. The third-order valence-electron chi connectivity index (χ3n) is 6.01. The number of nitrogens with zero attached hydrogens (tertiary/aromatic N) is 1. The van der Waals surface area contributed by atoms with Crippen LogP contribution in [0.1, 0.15) is 29.5 Å². The summed E-state index contributed by atoms with van der Waals surface area (Å²) in [5.74, 6) is 0.0841. The molecule has 3 aromatic rings. The van der Waals surface area contributed by atoms with Gasteiger partial charge in [-0.3, -0.25) is 9.69 Å². The summed E-state index contributed by atoms with van der Waals surface area (Å²) in [6.45, 7) is 2.74. The van der Waals surface area contributed by atoms with Gasteiger partial charge < -0.3 is 10.3 Å². The number of nitrogens with one attached hydrogen (secondary N) is 2. The van der Waals surface area contributed by atoms with Gasteiger partial charge >= 0.3 is 6.18 Å². The summed E-state index contributed by atoms with van der Waals surface area (Å²) in [5, 5.41) is 4.25. The number of hydrogen-bond donors (Lipinski definition) is 2. The van der Waals surface area contributed by atoms with Gasteiger partial charge in [0, 0.05) is 36.1 Å². The van der Waals surface area contributed by atoms with Gasteiger partial charge in [-0.2, -0.15) is 13.2 Å². The zero-order chi connectivity index (χ0) is 21.8. The van der Waals surface area contributed by atoms with Crippen LogP contribution in [-0.4, -0.2) is 35.4 Å². The average molecular weight is 429 g/mol. The van der Waals surface area contributed by atoms with Crippen LogP contribution in [0.15, 0.2) is 54.7 Å². The third kappa shape index (κ3) is 5.28. The molecule has 0 spiro atoms. The number of aromatic amines is 1. The number of carbonyl (C=O) groups is 1. The Morgan fingerprint density at radius 3 is 2.48 bits per heavy atom. The lowest BCUT2D eigenvalue weighted by Crippen LogP contribution is -2.40. The van der Waals surface area contributed by atoms with Crippen LogP contribution in [0.2, 0.25) is 0 Å². The Bertz CT molecular complexity index is 1020. The van der Waals surface area contributed by atoms with Crippen molar-refractivity contribution in [3.63, 3.8) is 0 Å². The molecular formula is C24H26F3N3O. The molecule has 2 N–H and O–H groups in total. The number of H-pyrrole nitrogens is 1. The van der Waals surface area contributed by atoms with Gasteiger partial charge in [-0.25, -0.2) is 0 Å². The fourth-order valence-corrected chi connectivity index (χ4v) is 4.21. The number of para-hydroxylation sites is 1.